The molecule has 0 aliphatic rings. The van der Waals surface area contributed by atoms with Gasteiger partial charge in [0, 0.05) is 77.3 Å². The van der Waals surface area contributed by atoms with E-state index in [1.165, 1.54) is 7.11 Å². The fraction of sp³-hybridized carbons (Fsp3) is 0.400. The summed E-state index contributed by atoms with van der Waals surface area (Å²) in [6.45, 7) is 0.327. The number of furan rings is 1. The maximum Gasteiger partial charge on any atom is 0.343 e. The Balaban J connectivity index is 0.00000264. The first-order valence-electron chi connectivity index (χ1n) is 6.86. The molecule has 0 amide bonds. The number of methoxy groups -OCH3 is 1. The average molecular weight is 553 g/mol. The molecule has 0 bridgehead atoms. The Kier molecular flexibility index (Phi) is 9.65. The minimum Gasteiger partial charge on any atom is -0.478 e. The van der Waals surface area contributed by atoms with Crippen molar-refractivity contribution in [2.24, 2.45) is 0 Å². The van der Waals surface area contributed by atoms with Gasteiger partial charge in [0.05, 0.1) is 20.3 Å². The number of esters is 1. The van der Waals surface area contributed by atoms with Crippen LogP contribution in [0.5, 0.6) is 5.75 Å². The van der Waals surface area contributed by atoms with E-state index in [0.717, 1.165) is 10.9 Å². The topological polar surface area (TPSA) is 78.1 Å². The number of aliphatic hydroxyl groups excluding tert-OH is 1. The second-order valence-corrected chi connectivity index (χ2v) is 4.93. The van der Waals surface area contributed by atoms with Gasteiger partial charge in [-0.15, -0.1) is 0 Å². The predicted octanol–water partition coefficient (Wildman–Crippen LogP) is 1.87. The third-order valence-electron chi connectivity index (χ3n) is 3.25. The van der Waals surface area contributed by atoms with Crippen LogP contribution < -0.4 is 4.74 Å². The Labute approximate surface area is 172 Å². The zero-order valence-electron chi connectivity index (χ0n) is 12.9. The van der Waals surface area contributed by atoms with Gasteiger partial charge in [0.25, 0.3) is 0 Å². The fourth-order valence-electron chi connectivity index (χ4n) is 2.24. The maximum absolute atomic E-state index is 11.2. The van der Waals surface area contributed by atoms with Gasteiger partial charge in [-0.3, -0.25) is 0 Å². The van der Waals surface area contributed by atoms with Crippen LogP contribution >= 0.6 is 9.47 Å². The number of hydrogen-bond acceptors (Lipinski definition) is 6. The van der Waals surface area contributed by atoms with E-state index < -0.39 is 5.97 Å². The summed E-state index contributed by atoms with van der Waals surface area (Å²) in [6, 6.07) is 5.48. The molecule has 0 aliphatic carbocycles. The van der Waals surface area contributed by atoms with Crippen LogP contribution in [0.3, 0.4) is 0 Å². The number of rotatable bonds is 8. The number of ether oxygens (including phenoxy) is 2. The van der Waals surface area contributed by atoms with E-state index in [-0.39, 0.29) is 57.3 Å². The van der Waals surface area contributed by atoms with Gasteiger partial charge in [-0.05, 0) is 6.07 Å². The molecule has 2 rings (SSSR count). The molecule has 1 radical (unpaired) electrons. The van der Waals surface area contributed by atoms with Crippen LogP contribution in [0.15, 0.2) is 22.6 Å². The molecule has 1 unspecified atom stereocenters. The average Bonchev–Trinajstić information content (AvgIpc) is 2.88. The van der Waals surface area contributed by atoms with Crippen molar-refractivity contribution in [3.8, 4) is 5.75 Å². The van der Waals surface area contributed by atoms with Gasteiger partial charge < -0.3 is 23.5 Å². The molecule has 1 aromatic heterocycles. The van der Waals surface area contributed by atoms with Crippen LogP contribution in [0.25, 0.3) is 11.0 Å². The molecule has 1 atom stereocenters. The zero-order chi connectivity index (χ0) is 15.9. The van der Waals surface area contributed by atoms with Crippen molar-refractivity contribution in [2.45, 2.75) is 12.8 Å². The number of para-hydroxylation sites is 1. The minimum absolute atomic E-state index is 0. The fourth-order valence-corrected chi connectivity index (χ4v) is 2.36. The van der Waals surface area contributed by atoms with Crippen molar-refractivity contribution in [1.29, 1.82) is 0 Å². The van der Waals surface area contributed by atoms with E-state index >= 15 is 0 Å². The molecular weight excluding hydrogens is 534 g/mol. The summed E-state index contributed by atoms with van der Waals surface area (Å²) >= 11 is 0. The summed E-state index contributed by atoms with van der Waals surface area (Å²) in [4.78, 5) is 11.2. The molecule has 23 heavy (non-hydrogen) atoms. The predicted molar refractivity (Wildman–Crippen MR) is 83.9 cm³/mol. The number of hydrogen-bond donors (Lipinski definition) is 1. The van der Waals surface area contributed by atoms with Crippen molar-refractivity contribution in [3.05, 3.63) is 29.5 Å². The third-order valence-corrected chi connectivity index (χ3v) is 3.48. The zero-order valence-corrected chi connectivity index (χ0v) is 18.8. The molecule has 123 valence electrons. The number of benzene rings is 1. The molecule has 0 saturated heterocycles. The number of fused-ring (bicyclic) bond motifs is 1. The van der Waals surface area contributed by atoms with Crippen molar-refractivity contribution in [3.63, 3.8) is 0 Å². The molecule has 0 saturated carbocycles. The molecule has 1 aromatic carbocycles. The van der Waals surface area contributed by atoms with Crippen LogP contribution in [0.4, 0.5) is 0 Å². The maximum atomic E-state index is 11.2. The summed E-state index contributed by atoms with van der Waals surface area (Å²) in [5.41, 5.74) is 1.55. The van der Waals surface area contributed by atoms with Crippen molar-refractivity contribution < 1.29 is 72.4 Å². The van der Waals surface area contributed by atoms with Crippen molar-refractivity contribution in [2.75, 3.05) is 26.9 Å². The van der Waals surface area contributed by atoms with Crippen LogP contribution in [0.1, 0.15) is 11.3 Å². The largest absolute Gasteiger partial charge is 0.478 e. The second-order valence-electron chi connectivity index (χ2n) is 4.60. The van der Waals surface area contributed by atoms with E-state index in [1.54, 1.807) is 6.07 Å². The van der Waals surface area contributed by atoms with Gasteiger partial charge >= 0.3 is 5.97 Å². The monoisotopic (exact) mass is 553 g/mol. The Morgan fingerprint density at radius 2 is 2.13 bits per heavy atom. The molecule has 0 aliphatic heterocycles. The van der Waals surface area contributed by atoms with E-state index in [9.17, 15) is 9.90 Å². The molecule has 6 nitrogen and oxygen atoms in total. The summed E-state index contributed by atoms with van der Waals surface area (Å²) in [5, 5.41) is 10.1. The Hall–Kier alpha value is -0.178. The number of carbonyl (C=O) groups excluding carboxylic acids is 1. The molecule has 0 spiro atoms. The molecule has 0 fully saturated rings. The Morgan fingerprint density at radius 1 is 1.35 bits per heavy atom. The Bertz CT molecular complexity index is 642. The second kappa shape index (κ2) is 10.6. The van der Waals surface area contributed by atoms with Crippen molar-refractivity contribution in [1.82, 2.24) is 0 Å². The van der Waals surface area contributed by atoms with Gasteiger partial charge in [-0.1, -0.05) is 12.1 Å². The quantitative estimate of drug-likeness (QED) is 0.398. The first-order valence-corrected chi connectivity index (χ1v) is 7.33. The molecule has 8 heteroatoms. The molecular formula is C15H19AcO6P. The van der Waals surface area contributed by atoms with Crippen LogP contribution in [-0.4, -0.2) is 38.0 Å². The van der Waals surface area contributed by atoms with E-state index in [1.807, 2.05) is 12.1 Å². The van der Waals surface area contributed by atoms with Crippen LogP contribution in [0.2, 0.25) is 0 Å². The standard InChI is InChI=1S/C15H19O6P.Ac/c1-18-14(17)9-19-13-4-2-3-11-10(6-8-20-22)12(5-7-16)21-15(11)13;/h2-4,16H,5-9,22H2,1H3;. The third kappa shape index (κ3) is 5.41. The summed E-state index contributed by atoms with van der Waals surface area (Å²) < 4.78 is 20.9. The van der Waals surface area contributed by atoms with Crippen LogP contribution in [0, 0.1) is 44.1 Å². The van der Waals surface area contributed by atoms with Gasteiger partial charge in [0.2, 0.25) is 0 Å². The minimum atomic E-state index is -0.462. The summed E-state index contributed by atoms with van der Waals surface area (Å²) in [5.74, 6) is 0.713. The van der Waals surface area contributed by atoms with E-state index in [2.05, 4.69) is 14.2 Å². The number of carbonyl (C=O) groups is 1. The smallest absolute Gasteiger partial charge is 0.343 e. The normalized spacial score (nSPS) is 10.4. The first kappa shape index (κ1) is 20.9. The molecule has 1 N–H and O–H groups in total. The van der Waals surface area contributed by atoms with Gasteiger partial charge in [-0.25, -0.2) is 4.79 Å². The SMILES string of the molecule is COC(=O)COc1cccc2c(CCOP)c(CCO)oc12.[Ac]. The van der Waals surface area contributed by atoms with Gasteiger partial charge in [-0.2, -0.15) is 0 Å². The summed E-state index contributed by atoms with van der Waals surface area (Å²) in [7, 11) is 3.52. The van der Waals surface area contributed by atoms with E-state index in [4.69, 9.17) is 13.7 Å². The molecule has 2 aromatic rings. The van der Waals surface area contributed by atoms with Gasteiger partial charge in [0.15, 0.2) is 17.9 Å². The summed E-state index contributed by atoms with van der Waals surface area (Å²) in [6.07, 6.45) is 1.07. The Morgan fingerprint density at radius 3 is 2.78 bits per heavy atom. The first-order chi connectivity index (χ1) is 10.7. The van der Waals surface area contributed by atoms with Crippen LogP contribution in [-0.2, 0) is 26.9 Å². The van der Waals surface area contributed by atoms with Gasteiger partial charge in [0.1, 0.15) is 5.76 Å². The number of aliphatic hydroxyl groups is 1. The van der Waals surface area contributed by atoms with Crippen molar-refractivity contribution >= 4 is 26.4 Å². The van der Waals surface area contributed by atoms with E-state index in [0.29, 0.717) is 36.5 Å². The molecule has 1 heterocycles.